The Labute approximate surface area is 140 Å². The number of rotatable bonds is 3. The molecule has 0 aromatic carbocycles. The molecule has 3 heterocycles. The number of aryl methyl sites for hydroxylation is 2. The van der Waals surface area contributed by atoms with Gasteiger partial charge in [0.2, 0.25) is 5.91 Å². The number of likely N-dealkylation sites (tertiary alicyclic amines) is 1. The summed E-state index contributed by atoms with van der Waals surface area (Å²) >= 11 is 0. The van der Waals surface area contributed by atoms with Gasteiger partial charge in [-0.25, -0.2) is 9.78 Å². The molecule has 3 amide bonds. The first-order valence-electron chi connectivity index (χ1n) is 8.34. The number of hydrogen-bond donors (Lipinski definition) is 2. The summed E-state index contributed by atoms with van der Waals surface area (Å²) in [6, 6.07) is 0.00467. The van der Waals surface area contributed by atoms with Crippen LogP contribution in [0.25, 0.3) is 0 Å². The minimum absolute atomic E-state index is 0.0490. The molecule has 2 N–H and O–H groups in total. The van der Waals surface area contributed by atoms with Gasteiger partial charge in [0.25, 0.3) is 5.56 Å². The SMILES string of the molecule is Cc1nc(C)c(CC(=O)N2CCC[C@H](N3CCNC3=O)C2)c(=O)[nH]1. The number of nitrogens with one attached hydrogen (secondary N) is 2. The second-order valence-corrected chi connectivity index (χ2v) is 6.45. The minimum atomic E-state index is -0.249. The Kier molecular flexibility index (Phi) is 4.55. The van der Waals surface area contributed by atoms with E-state index in [1.54, 1.807) is 18.7 Å². The first kappa shape index (κ1) is 16.5. The van der Waals surface area contributed by atoms with Gasteiger partial charge in [-0.05, 0) is 26.7 Å². The molecule has 2 aliphatic heterocycles. The molecular weight excluding hydrogens is 310 g/mol. The van der Waals surface area contributed by atoms with Gasteiger partial charge in [-0.2, -0.15) is 0 Å². The van der Waals surface area contributed by atoms with Gasteiger partial charge >= 0.3 is 6.03 Å². The summed E-state index contributed by atoms with van der Waals surface area (Å²) in [6.07, 6.45) is 1.82. The molecule has 1 aromatic heterocycles. The molecule has 1 atom stereocenters. The summed E-state index contributed by atoms with van der Waals surface area (Å²) < 4.78 is 0. The number of piperidine rings is 1. The molecule has 0 radical (unpaired) electrons. The van der Waals surface area contributed by atoms with E-state index in [4.69, 9.17) is 0 Å². The number of nitrogens with zero attached hydrogens (tertiary/aromatic N) is 3. The van der Waals surface area contributed by atoms with Crippen molar-refractivity contribution >= 4 is 11.9 Å². The van der Waals surface area contributed by atoms with Crippen molar-refractivity contribution in [2.45, 2.75) is 39.2 Å². The lowest BCUT2D eigenvalue weighted by molar-refractivity contribution is -0.132. The smallest absolute Gasteiger partial charge is 0.317 e. The maximum atomic E-state index is 12.6. The maximum absolute atomic E-state index is 12.6. The first-order chi connectivity index (χ1) is 11.5. The lowest BCUT2D eigenvalue weighted by Gasteiger charge is -2.37. The Morgan fingerprint density at radius 3 is 2.75 bits per heavy atom. The monoisotopic (exact) mass is 333 g/mol. The highest BCUT2D eigenvalue weighted by molar-refractivity contribution is 5.79. The van der Waals surface area contributed by atoms with E-state index < -0.39 is 0 Å². The van der Waals surface area contributed by atoms with E-state index in [0.717, 1.165) is 12.8 Å². The molecule has 0 saturated carbocycles. The van der Waals surface area contributed by atoms with Gasteiger partial charge in [0.15, 0.2) is 0 Å². The van der Waals surface area contributed by atoms with Crippen LogP contribution in [0.2, 0.25) is 0 Å². The van der Waals surface area contributed by atoms with E-state index in [-0.39, 0.29) is 30.0 Å². The fraction of sp³-hybridized carbons (Fsp3) is 0.625. The van der Waals surface area contributed by atoms with Crippen molar-refractivity contribution in [3.05, 3.63) is 27.4 Å². The van der Waals surface area contributed by atoms with Crippen molar-refractivity contribution in [1.82, 2.24) is 25.1 Å². The zero-order valence-electron chi connectivity index (χ0n) is 14.1. The highest BCUT2D eigenvalue weighted by Gasteiger charge is 2.33. The highest BCUT2D eigenvalue weighted by atomic mass is 16.2. The Bertz CT molecular complexity index is 714. The number of urea groups is 1. The van der Waals surface area contributed by atoms with Crippen LogP contribution in [0.1, 0.15) is 29.9 Å². The number of amides is 3. The van der Waals surface area contributed by atoms with Crippen molar-refractivity contribution in [3.63, 3.8) is 0 Å². The zero-order chi connectivity index (χ0) is 17.3. The summed E-state index contributed by atoms with van der Waals surface area (Å²) in [5, 5.41) is 2.80. The van der Waals surface area contributed by atoms with Gasteiger partial charge in [-0.1, -0.05) is 0 Å². The highest BCUT2D eigenvalue weighted by Crippen LogP contribution is 2.18. The average Bonchev–Trinajstić information content (AvgIpc) is 2.97. The van der Waals surface area contributed by atoms with Crippen molar-refractivity contribution in [2.75, 3.05) is 26.2 Å². The quantitative estimate of drug-likeness (QED) is 0.810. The molecule has 0 aliphatic carbocycles. The normalized spacial score (nSPS) is 21.1. The van der Waals surface area contributed by atoms with Crippen molar-refractivity contribution < 1.29 is 9.59 Å². The van der Waals surface area contributed by atoms with E-state index in [9.17, 15) is 14.4 Å². The van der Waals surface area contributed by atoms with Crippen LogP contribution in [-0.2, 0) is 11.2 Å². The molecule has 0 unspecified atom stereocenters. The van der Waals surface area contributed by atoms with Crippen molar-refractivity contribution in [1.29, 1.82) is 0 Å². The molecule has 3 rings (SSSR count). The zero-order valence-corrected chi connectivity index (χ0v) is 14.1. The van der Waals surface area contributed by atoms with Crippen LogP contribution in [0.4, 0.5) is 4.79 Å². The van der Waals surface area contributed by atoms with Crippen LogP contribution in [0.15, 0.2) is 4.79 Å². The third kappa shape index (κ3) is 3.27. The molecule has 2 saturated heterocycles. The summed E-state index contributed by atoms with van der Waals surface area (Å²) in [5.41, 5.74) is 0.768. The molecular formula is C16H23N5O3. The Morgan fingerprint density at radius 2 is 2.08 bits per heavy atom. The standard InChI is InChI=1S/C16H23N5O3/c1-10-13(15(23)19-11(2)18-10)8-14(22)20-6-3-4-12(9-20)21-7-5-17-16(21)24/h12H,3-9H2,1-2H3,(H,17,24)(H,18,19,23)/t12-/m0/s1. The maximum Gasteiger partial charge on any atom is 0.317 e. The average molecular weight is 333 g/mol. The van der Waals surface area contributed by atoms with E-state index in [0.29, 0.717) is 43.3 Å². The van der Waals surface area contributed by atoms with E-state index in [1.807, 2.05) is 4.90 Å². The van der Waals surface area contributed by atoms with Crippen LogP contribution >= 0.6 is 0 Å². The Morgan fingerprint density at radius 1 is 1.29 bits per heavy atom. The molecule has 130 valence electrons. The number of carbonyl (C=O) groups excluding carboxylic acids is 2. The third-order valence-corrected chi connectivity index (χ3v) is 4.75. The predicted octanol–water partition coefficient (Wildman–Crippen LogP) is -0.0546. The summed E-state index contributed by atoms with van der Waals surface area (Å²) in [5.74, 6) is 0.463. The van der Waals surface area contributed by atoms with Crippen LogP contribution in [-0.4, -0.2) is 63.9 Å². The molecule has 24 heavy (non-hydrogen) atoms. The fourth-order valence-electron chi connectivity index (χ4n) is 3.49. The van der Waals surface area contributed by atoms with Gasteiger partial charge in [0.1, 0.15) is 5.82 Å². The Hall–Kier alpha value is -2.38. The largest absolute Gasteiger partial charge is 0.340 e. The molecule has 8 nitrogen and oxygen atoms in total. The summed E-state index contributed by atoms with van der Waals surface area (Å²) in [6.45, 7) is 6.01. The summed E-state index contributed by atoms with van der Waals surface area (Å²) in [4.78, 5) is 47.0. The van der Waals surface area contributed by atoms with Gasteiger partial charge in [0, 0.05) is 37.4 Å². The molecule has 2 fully saturated rings. The molecule has 0 spiro atoms. The van der Waals surface area contributed by atoms with Gasteiger partial charge in [0.05, 0.1) is 12.5 Å². The predicted molar refractivity (Wildman–Crippen MR) is 87.7 cm³/mol. The molecule has 0 bridgehead atoms. The molecule has 8 heteroatoms. The van der Waals surface area contributed by atoms with E-state index in [1.165, 1.54) is 0 Å². The van der Waals surface area contributed by atoms with Gasteiger partial charge < -0.3 is 20.1 Å². The van der Waals surface area contributed by atoms with Gasteiger partial charge in [-0.3, -0.25) is 9.59 Å². The van der Waals surface area contributed by atoms with E-state index in [2.05, 4.69) is 15.3 Å². The minimum Gasteiger partial charge on any atom is -0.340 e. The van der Waals surface area contributed by atoms with Crippen molar-refractivity contribution in [3.8, 4) is 0 Å². The Balaban J connectivity index is 1.69. The van der Waals surface area contributed by atoms with Crippen LogP contribution in [0, 0.1) is 13.8 Å². The van der Waals surface area contributed by atoms with Crippen LogP contribution in [0.5, 0.6) is 0 Å². The van der Waals surface area contributed by atoms with Crippen molar-refractivity contribution in [2.24, 2.45) is 0 Å². The lowest BCUT2D eigenvalue weighted by Crippen LogP contribution is -2.51. The second-order valence-electron chi connectivity index (χ2n) is 6.45. The molecule has 2 aliphatic rings. The van der Waals surface area contributed by atoms with Crippen LogP contribution < -0.4 is 10.9 Å². The fourth-order valence-corrected chi connectivity index (χ4v) is 3.49. The second kappa shape index (κ2) is 6.62. The van der Waals surface area contributed by atoms with E-state index >= 15 is 0 Å². The van der Waals surface area contributed by atoms with Gasteiger partial charge in [-0.15, -0.1) is 0 Å². The number of aromatic nitrogens is 2. The van der Waals surface area contributed by atoms with Crippen LogP contribution in [0.3, 0.4) is 0 Å². The number of carbonyl (C=O) groups is 2. The third-order valence-electron chi connectivity index (χ3n) is 4.75. The topological polar surface area (TPSA) is 98.4 Å². The number of aromatic amines is 1. The lowest BCUT2D eigenvalue weighted by atomic mass is 10.0. The first-order valence-corrected chi connectivity index (χ1v) is 8.34. The number of hydrogen-bond acceptors (Lipinski definition) is 4. The number of H-pyrrole nitrogens is 1. The molecule has 1 aromatic rings. The summed E-state index contributed by atoms with van der Waals surface area (Å²) in [7, 11) is 0.